The normalized spacial score (nSPS) is 13.8. The van der Waals surface area contributed by atoms with Crippen LogP contribution in [0.5, 0.6) is 0 Å². The lowest BCUT2D eigenvalue weighted by molar-refractivity contribution is -0.113. The van der Waals surface area contributed by atoms with E-state index >= 15 is 0 Å². The number of nitrogens with one attached hydrogen (secondary N) is 1. The summed E-state index contributed by atoms with van der Waals surface area (Å²) in [7, 11) is 0. The standard InChI is InChI=1S/C24H27N5O2S/c1-17-10-12-19(13-11-17)29-23(28-14-6-3-7-15-28)26-27-24(29)32-16-22(31)25-21-9-5-4-8-20(21)18(2)30/h4-5,8-13H,3,6-7,14-16H2,1-2H3,(H,25,31). The van der Waals surface area contributed by atoms with Crippen LogP contribution in [0.25, 0.3) is 5.69 Å². The van der Waals surface area contributed by atoms with Gasteiger partial charge in [-0.2, -0.15) is 0 Å². The van der Waals surface area contributed by atoms with E-state index < -0.39 is 0 Å². The summed E-state index contributed by atoms with van der Waals surface area (Å²) in [6, 6.07) is 15.3. The number of benzene rings is 2. The highest BCUT2D eigenvalue weighted by molar-refractivity contribution is 7.99. The minimum Gasteiger partial charge on any atom is -0.341 e. The van der Waals surface area contributed by atoms with E-state index in [0.29, 0.717) is 16.4 Å². The Morgan fingerprint density at radius 1 is 1.00 bits per heavy atom. The van der Waals surface area contributed by atoms with Crippen LogP contribution in [-0.2, 0) is 4.79 Å². The summed E-state index contributed by atoms with van der Waals surface area (Å²) in [6.07, 6.45) is 3.51. The van der Waals surface area contributed by atoms with Gasteiger partial charge in [0.25, 0.3) is 0 Å². The molecule has 1 aliphatic heterocycles. The Hall–Kier alpha value is -3.13. The minimum atomic E-state index is -0.193. The van der Waals surface area contributed by atoms with Gasteiger partial charge >= 0.3 is 0 Å². The van der Waals surface area contributed by atoms with Crippen molar-refractivity contribution in [3.63, 3.8) is 0 Å². The number of amides is 1. The van der Waals surface area contributed by atoms with Gasteiger partial charge in [-0.25, -0.2) is 0 Å². The quantitative estimate of drug-likeness (QED) is 0.423. The molecule has 32 heavy (non-hydrogen) atoms. The number of aromatic nitrogens is 3. The van der Waals surface area contributed by atoms with E-state index in [1.807, 2.05) is 4.57 Å². The van der Waals surface area contributed by atoms with Crippen molar-refractivity contribution in [1.82, 2.24) is 14.8 Å². The second-order valence-electron chi connectivity index (χ2n) is 7.94. The maximum atomic E-state index is 12.7. The third-order valence-electron chi connectivity index (χ3n) is 5.46. The van der Waals surface area contributed by atoms with Gasteiger partial charge in [0.05, 0.1) is 17.1 Å². The lowest BCUT2D eigenvalue weighted by Gasteiger charge is -2.27. The molecule has 1 N–H and O–H groups in total. The van der Waals surface area contributed by atoms with Crippen molar-refractivity contribution in [3.05, 3.63) is 59.7 Å². The third-order valence-corrected chi connectivity index (χ3v) is 6.39. The summed E-state index contributed by atoms with van der Waals surface area (Å²) in [6.45, 7) is 5.46. The largest absolute Gasteiger partial charge is 0.341 e. The van der Waals surface area contributed by atoms with E-state index in [2.05, 4.69) is 51.6 Å². The molecule has 0 atom stereocenters. The second-order valence-corrected chi connectivity index (χ2v) is 8.88. The SMILES string of the molecule is CC(=O)c1ccccc1NC(=O)CSc1nnc(N2CCCCC2)n1-c1ccc(C)cc1. The van der Waals surface area contributed by atoms with Gasteiger partial charge in [0.15, 0.2) is 10.9 Å². The fourth-order valence-electron chi connectivity index (χ4n) is 3.79. The molecule has 1 aromatic heterocycles. The number of anilines is 2. The van der Waals surface area contributed by atoms with Crippen molar-refractivity contribution in [2.24, 2.45) is 0 Å². The molecule has 3 aromatic rings. The van der Waals surface area contributed by atoms with Crippen molar-refractivity contribution in [3.8, 4) is 5.69 Å². The Kier molecular flexibility index (Phi) is 6.90. The summed E-state index contributed by atoms with van der Waals surface area (Å²) in [5, 5.41) is 12.4. The average Bonchev–Trinajstić information content (AvgIpc) is 3.23. The number of piperidine rings is 1. The lowest BCUT2D eigenvalue weighted by atomic mass is 10.1. The number of ketones is 1. The van der Waals surface area contributed by atoms with Crippen LogP contribution in [0.1, 0.15) is 42.1 Å². The molecule has 0 unspecified atom stereocenters. The van der Waals surface area contributed by atoms with Gasteiger partial charge in [-0.15, -0.1) is 10.2 Å². The zero-order valence-corrected chi connectivity index (χ0v) is 19.2. The van der Waals surface area contributed by atoms with Gasteiger partial charge in [0.2, 0.25) is 11.9 Å². The van der Waals surface area contributed by atoms with Gasteiger partial charge < -0.3 is 10.2 Å². The molecule has 166 valence electrons. The maximum absolute atomic E-state index is 12.7. The highest BCUT2D eigenvalue weighted by Crippen LogP contribution is 2.28. The van der Waals surface area contributed by atoms with Crippen LogP contribution in [0.3, 0.4) is 0 Å². The molecule has 0 saturated carbocycles. The van der Waals surface area contributed by atoms with E-state index in [-0.39, 0.29) is 17.4 Å². The summed E-state index contributed by atoms with van der Waals surface area (Å²) in [4.78, 5) is 26.7. The number of para-hydroxylation sites is 1. The highest BCUT2D eigenvalue weighted by atomic mass is 32.2. The van der Waals surface area contributed by atoms with E-state index in [4.69, 9.17) is 0 Å². The number of carbonyl (C=O) groups is 2. The highest BCUT2D eigenvalue weighted by Gasteiger charge is 2.22. The molecule has 1 saturated heterocycles. The molecule has 0 radical (unpaired) electrons. The van der Waals surface area contributed by atoms with E-state index in [1.165, 1.54) is 30.7 Å². The number of Topliss-reactive ketones (excluding diaryl/α,β-unsaturated/α-hetero) is 1. The summed E-state index contributed by atoms with van der Waals surface area (Å²) < 4.78 is 2.03. The zero-order chi connectivity index (χ0) is 22.5. The number of aryl methyl sites for hydroxylation is 1. The van der Waals surface area contributed by atoms with Crippen molar-refractivity contribution >= 4 is 35.1 Å². The van der Waals surface area contributed by atoms with E-state index in [9.17, 15) is 9.59 Å². The predicted molar refractivity (Wildman–Crippen MR) is 128 cm³/mol. The van der Waals surface area contributed by atoms with Gasteiger partial charge in [-0.1, -0.05) is 41.6 Å². The molecule has 1 amide bonds. The number of nitrogens with zero attached hydrogens (tertiary/aromatic N) is 4. The first kappa shape index (κ1) is 22.1. The summed E-state index contributed by atoms with van der Waals surface area (Å²) in [5.41, 5.74) is 3.19. The van der Waals surface area contributed by atoms with Crippen molar-refractivity contribution < 1.29 is 9.59 Å². The smallest absolute Gasteiger partial charge is 0.234 e. The predicted octanol–water partition coefficient (Wildman–Crippen LogP) is 4.50. The molecule has 0 aliphatic carbocycles. The fraction of sp³-hybridized carbons (Fsp3) is 0.333. The Balaban J connectivity index is 1.54. The molecule has 7 nitrogen and oxygen atoms in total. The molecular weight excluding hydrogens is 422 g/mol. The van der Waals surface area contributed by atoms with Gasteiger partial charge in [-0.05, 0) is 57.4 Å². The molecular formula is C24H27N5O2S. The lowest BCUT2D eigenvalue weighted by Crippen LogP contribution is -2.31. The van der Waals surface area contributed by atoms with E-state index in [1.54, 1.807) is 24.3 Å². The van der Waals surface area contributed by atoms with Crippen molar-refractivity contribution in [1.29, 1.82) is 0 Å². The Morgan fingerprint density at radius 2 is 1.72 bits per heavy atom. The minimum absolute atomic E-state index is 0.0844. The number of hydrogen-bond donors (Lipinski definition) is 1. The fourth-order valence-corrected chi connectivity index (χ4v) is 4.54. The van der Waals surface area contributed by atoms with Crippen LogP contribution >= 0.6 is 11.8 Å². The van der Waals surface area contributed by atoms with Crippen LogP contribution in [0, 0.1) is 6.92 Å². The molecule has 2 aromatic carbocycles. The monoisotopic (exact) mass is 449 g/mol. The molecule has 1 fully saturated rings. The molecule has 0 spiro atoms. The zero-order valence-electron chi connectivity index (χ0n) is 18.4. The van der Waals surface area contributed by atoms with Crippen molar-refractivity contribution in [2.45, 2.75) is 38.3 Å². The number of rotatable bonds is 7. The first-order chi connectivity index (χ1) is 15.5. The molecule has 0 bridgehead atoms. The van der Waals surface area contributed by atoms with Crippen LogP contribution in [0.4, 0.5) is 11.6 Å². The Bertz CT molecular complexity index is 1100. The first-order valence-corrected chi connectivity index (χ1v) is 11.8. The second kappa shape index (κ2) is 9.99. The van der Waals surface area contributed by atoms with Gasteiger partial charge in [0, 0.05) is 18.7 Å². The number of carbonyl (C=O) groups excluding carboxylic acids is 2. The topological polar surface area (TPSA) is 80.1 Å². The van der Waals surface area contributed by atoms with Crippen LogP contribution < -0.4 is 10.2 Å². The van der Waals surface area contributed by atoms with Gasteiger partial charge in [-0.3, -0.25) is 14.2 Å². The van der Waals surface area contributed by atoms with Crippen LogP contribution in [-0.4, -0.2) is 45.3 Å². The first-order valence-electron chi connectivity index (χ1n) is 10.8. The molecule has 8 heteroatoms. The van der Waals surface area contributed by atoms with E-state index in [0.717, 1.165) is 37.6 Å². The number of hydrogen-bond acceptors (Lipinski definition) is 6. The molecule has 4 rings (SSSR count). The molecule has 2 heterocycles. The van der Waals surface area contributed by atoms with Crippen LogP contribution in [0.2, 0.25) is 0 Å². The van der Waals surface area contributed by atoms with Crippen LogP contribution in [0.15, 0.2) is 53.7 Å². The third kappa shape index (κ3) is 5.02. The van der Waals surface area contributed by atoms with Crippen molar-refractivity contribution in [2.75, 3.05) is 29.1 Å². The maximum Gasteiger partial charge on any atom is 0.234 e. The average molecular weight is 450 g/mol. The summed E-state index contributed by atoms with van der Waals surface area (Å²) >= 11 is 1.34. The number of thioether (sulfide) groups is 1. The molecule has 1 aliphatic rings. The Labute approximate surface area is 192 Å². The van der Waals surface area contributed by atoms with Gasteiger partial charge in [0.1, 0.15) is 0 Å². The summed E-state index contributed by atoms with van der Waals surface area (Å²) in [5.74, 6) is 0.704. The Morgan fingerprint density at radius 3 is 2.44 bits per heavy atom.